The van der Waals surface area contributed by atoms with Crippen molar-refractivity contribution in [2.45, 2.75) is 50.3 Å². The predicted octanol–water partition coefficient (Wildman–Crippen LogP) is 5.68. The fourth-order valence-corrected chi connectivity index (χ4v) is 3.63. The minimum absolute atomic E-state index is 0.00917. The van der Waals surface area contributed by atoms with Crippen LogP contribution in [0.2, 0.25) is 0 Å². The molecule has 0 amide bonds. The van der Waals surface area contributed by atoms with Crippen molar-refractivity contribution in [3.8, 4) is 0 Å². The van der Waals surface area contributed by atoms with Crippen LogP contribution in [-0.4, -0.2) is 0 Å². The summed E-state index contributed by atoms with van der Waals surface area (Å²) in [5, 5.41) is 0. The molecule has 0 aliphatic heterocycles. The maximum Gasteiger partial charge on any atom is 0.130 e. The molecule has 0 N–H and O–H groups in total. The lowest BCUT2D eigenvalue weighted by Crippen LogP contribution is -2.09. The van der Waals surface area contributed by atoms with E-state index in [0.717, 1.165) is 18.9 Å². The average molecular weight is 317 g/mol. The van der Waals surface area contributed by atoms with Crippen molar-refractivity contribution in [2.75, 3.05) is 0 Å². The van der Waals surface area contributed by atoms with Crippen LogP contribution in [0, 0.1) is 24.5 Å². The Morgan fingerprint density at radius 2 is 1.67 bits per heavy atom. The fourth-order valence-electron chi connectivity index (χ4n) is 2.75. The first-order valence-corrected chi connectivity index (χ1v) is 7.61. The van der Waals surface area contributed by atoms with E-state index in [-0.39, 0.29) is 4.83 Å². The van der Waals surface area contributed by atoms with Crippen LogP contribution in [0.5, 0.6) is 0 Å². The third kappa shape index (κ3) is 3.11. The topological polar surface area (TPSA) is 0 Å². The molecule has 1 aromatic carbocycles. The van der Waals surface area contributed by atoms with Gasteiger partial charge >= 0.3 is 0 Å². The van der Waals surface area contributed by atoms with Gasteiger partial charge in [-0.2, -0.15) is 0 Å². The molecule has 1 fully saturated rings. The molecule has 1 unspecified atom stereocenters. The van der Waals surface area contributed by atoms with E-state index in [1.165, 1.54) is 25.7 Å². The van der Waals surface area contributed by atoms with Crippen molar-refractivity contribution in [2.24, 2.45) is 5.92 Å². The van der Waals surface area contributed by atoms with Crippen molar-refractivity contribution >= 4 is 15.9 Å². The van der Waals surface area contributed by atoms with Gasteiger partial charge in [-0.05, 0) is 37.3 Å². The second-order valence-electron chi connectivity index (χ2n) is 5.28. The number of benzene rings is 1. The number of halogens is 3. The highest BCUT2D eigenvalue weighted by atomic mass is 79.9. The summed E-state index contributed by atoms with van der Waals surface area (Å²) in [5.41, 5.74) is 1.13. The molecule has 1 aliphatic carbocycles. The number of hydrogen-bond acceptors (Lipinski definition) is 0. The Morgan fingerprint density at radius 3 is 2.28 bits per heavy atom. The minimum atomic E-state index is -0.461. The molecule has 100 valence electrons. The molecular formula is C15H19BrF2. The van der Waals surface area contributed by atoms with Crippen molar-refractivity contribution < 1.29 is 8.78 Å². The van der Waals surface area contributed by atoms with Crippen LogP contribution in [0.15, 0.2) is 12.1 Å². The van der Waals surface area contributed by atoms with Gasteiger partial charge in [0.2, 0.25) is 0 Å². The highest BCUT2D eigenvalue weighted by Gasteiger charge is 2.24. The zero-order valence-corrected chi connectivity index (χ0v) is 12.3. The zero-order valence-electron chi connectivity index (χ0n) is 10.7. The normalized spacial score (nSPS) is 19.6. The van der Waals surface area contributed by atoms with Crippen molar-refractivity contribution in [1.29, 1.82) is 0 Å². The van der Waals surface area contributed by atoms with Crippen LogP contribution in [0.3, 0.4) is 0 Å². The molecule has 0 aromatic heterocycles. The van der Waals surface area contributed by atoms with Gasteiger partial charge in [-0.1, -0.05) is 41.6 Å². The monoisotopic (exact) mass is 316 g/mol. The van der Waals surface area contributed by atoms with Gasteiger partial charge in [-0.15, -0.1) is 0 Å². The minimum Gasteiger partial charge on any atom is -0.207 e. The van der Waals surface area contributed by atoms with E-state index in [1.807, 2.05) is 0 Å². The Hall–Kier alpha value is -0.440. The quantitative estimate of drug-likeness (QED) is 0.486. The number of aryl methyl sites for hydroxylation is 1. The smallest absolute Gasteiger partial charge is 0.130 e. The molecule has 1 aromatic rings. The van der Waals surface area contributed by atoms with E-state index in [2.05, 4.69) is 15.9 Å². The number of alkyl halides is 1. The maximum atomic E-state index is 13.9. The summed E-state index contributed by atoms with van der Waals surface area (Å²) < 4.78 is 27.1. The Labute approximate surface area is 116 Å². The molecule has 3 heteroatoms. The third-order valence-electron chi connectivity index (χ3n) is 3.89. The summed E-state index contributed by atoms with van der Waals surface area (Å²) in [6.07, 6.45) is 7.25. The Kier molecular flexibility index (Phi) is 4.77. The van der Waals surface area contributed by atoms with Gasteiger partial charge in [-0.25, -0.2) is 8.78 Å². The molecule has 0 spiro atoms. The van der Waals surface area contributed by atoms with Crippen LogP contribution < -0.4 is 0 Å². The first-order chi connectivity index (χ1) is 8.59. The average Bonchev–Trinajstić information content (AvgIpc) is 2.61. The van der Waals surface area contributed by atoms with E-state index >= 15 is 0 Å². The van der Waals surface area contributed by atoms with Crippen LogP contribution in [-0.2, 0) is 0 Å². The molecular weight excluding hydrogens is 298 g/mol. The lowest BCUT2D eigenvalue weighted by molar-refractivity contribution is 0.442. The van der Waals surface area contributed by atoms with Crippen LogP contribution >= 0.6 is 15.9 Å². The van der Waals surface area contributed by atoms with Crippen molar-refractivity contribution in [1.82, 2.24) is 0 Å². The molecule has 0 heterocycles. The molecule has 0 saturated heterocycles. The van der Waals surface area contributed by atoms with Crippen molar-refractivity contribution in [3.05, 3.63) is 34.9 Å². The number of hydrogen-bond donors (Lipinski definition) is 0. The van der Waals surface area contributed by atoms with Gasteiger partial charge in [0.15, 0.2) is 0 Å². The van der Waals surface area contributed by atoms with Crippen molar-refractivity contribution in [3.63, 3.8) is 0 Å². The largest absolute Gasteiger partial charge is 0.207 e. The van der Waals surface area contributed by atoms with Gasteiger partial charge in [0, 0.05) is 16.5 Å². The lowest BCUT2D eigenvalue weighted by Gasteiger charge is -2.22. The van der Waals surface area contributed by atoms with E-state index in [1.54, 1.807) is 13.0 Å². The summed E-state index contributed by atoms with van der Waals surface area (Å²) in [6.45, 7) is 1.69. The predicted molar refractivity (Wildman–Crippen MR) is 74.0 cm³/mol. The second kappa shape index (κ2) is 6.14. The van der Waals surface area contributed by atoms with E-state index in [4.69, 9.17) is 0 Å². The molecule has 2 rings (SSSR count). The summed E-state index contributed by atoms with van der Waals surface area (Å²) in [4.78, 5) is 0.00917. The zero-order chi connectivity index (χ0) is 13.1. The number of rotatable bonds is 2. The van der Waals surface area contributed by atoms with E-state index in [9.17, 15) is 8.78 Å². The standard InChI is InChI=1S/C15H19BrF2/c1-10-8-12(14(18)9-13(10)17)15(16)11-6-4-2-3-5-7-11/h8-9,11,15H,2-7H2,1H3. The molecule has 1 saturated carbocycles. The van der Waals surface area contributed by atoms with E-state index < -0.39 is 11.6 Å². The van der Waals surface area contributed by atoms with Crippen LogP contribution in [0.25, 0.3) is 0 Å². The summed E-state index contributed by atoms with van der Waals surface area (Å²) in [5.74, 6) is -0.423. The second-order valence-corrected chi connectivity index (χ2v) is 6.26. The van der Waals surface area contributed by atoms with Gasteiger partial charge in [-0.3, -0.25) is 0 Å². The molecule has 0 radical (unpaired) electrons. The van der Waals surface area contributed by atoms with Gasteiger partial charge in [0.25, 0.3) is 0 Å². The summed E-state index contributed by atoms with van der Waals surface area (Å²) in [7, 11) is 0. The highest BCUT2D eigenvalue weighted by molar-refractivity contribution is 9.09. The lowest BCUT2D eigenvalue weighted by atomic mass is 9.91. The van der Waals surface area contributed by atoms with Crippen LogP contribution in [0.1, 0.15) is 54.5 Å². The summed E-state index contributed by atoms with van der Waals surface area (Å²) >= 11 is 3.63. The molecule has 1 atom stereocenters. The molecule has 18 heavy (non-hydrogen) atoms. The fraction of sp³-hybridized carbons (Fsp3) is 0.600. The first kappa shape index (κ1) is 14.0. The SMILES string of the molecule is Cc1cc(C(Br)C2CCCCCC2)c(F)cc1F. The third-order valence-corrected chi connectivity index (χ3v) is 5.13. The first-order valence-electron chi connectivity index (χ1n) is 6.69. The van der Waals surface area contributed by atoms with Gasteiger partial charge < -0.3 is 0 Å². The highest BCUT2D eigenvalue weighted by Crippen LogP contribution is 2.40. The van der Waals surface area contributed by atoms with Gasteiger partial charge in [0.05, 0.1) is 0 Å². The molecule has 0 nitrogen and oxygen atoms in total. The Bertz CT molecular complexity index is 409. The summed E-state index contributed by atoms with van der Waals surface area (Å²) in [6, 6.07) is 2.66. The maximum absolute atomic E-state index is 13.9. The van der Waals surface area contributed by atoms with Gasteiger partial charge in [0.1, 0.15) is 11.6 Å². The Balaban J connectivity index is 2.21. The van der Waals surface area contributed by atoms with Crippen LogP contribution in [0.4, 0.5) is 8.78 Å². The van der Waals surface area contributed by atoms with E-state index in [0.29, 0.717) is 17.0 Å². The molecule has 0 bridgehead atoms. The molecule has 1 aliphatic rings. The Morgan fingerprint density at radius 1 is 1.06 bits per heavy atom.